The van der Waals surface area contributed by atoms with Gasteiger partial charge in [-0.3, -0.25) is 10.1 Å². The molecule has 0 bridgehead atoms. The number of rotatable bonds is 1. The summed E-state index contributed by atoms with van der Waals surface area (Å²) in [6.07, 6.45) is 1.72. The first-order valence-electron chi connectivity index (χ1n) is 5.52. The third-order valence-corrected chi connectivity index (χ3v) is 3.24. The summed E-state index contributed by atoms with van der Waals surface area (Å²) in [6.45, 7) is 2.00. The number of H-pyrrole nitrogens is 1. The van der Waals surface area contributed by atoms with Crippen LogP contribution in [-0.4, -0.2) is 15.2 Å². The SMILES string of the molecule is Cc1cc(-c2ncccc2Cl)cc2c(N)n[nH]c12. The third kappa shape index (κ3) is 1.62. The smallest absolute Gasteiger partial charge is 0.153 e. The molecule has 0 aliphatic heterocycles. The van der Waals surface area contributed by atoms with E-state index in [9.17, 15) is 0 Å². The second-order valence-electron chi connectivity index (χ2n) is 4.16. The fourth-order valence-corrected chi connectivity index (χ4v) is 2.28. The molecule has 90 valence electrons. The summed E-state index contributed by atoms with van der Waals surface area (Å²) in [6, 6.07) is 7.61. The molecule has 0 fully saturated rings. The zero-order valence-electron chi connectivity index (χ0n) is 9.74. The number of pyridine rings is 1. The van der Waals surface area contributed by atoms with E-state index in [4.69, 9.17) is 17.3 Å². The number of nitrogens with one attached hydrogen (secondary N) is 1. The van der Waals surface area contributed by atoms with Crippen LogP contribution in [0.25, 0.3) is 22.2 Å². The van der Waals surface area contributed by atoms with Crippen LogP contribution in [0.15, 0.2) is 30.5 Å². The zero-order valence-corrected chi connectivity index (χ0v) is 10.5. The van der Waals surface area contributed by atoms with Gasteiger partial charge in [0.15, 0.2) is 5.82 Å². The molecule has 0 radical (unpaired) electrons. The van der Waals surface area contributed by atoms with Gasteiger partial charge in [-0.05, 0) is 36.8 Å². The molecule has 0 unspecified atom stereocenters. The fraction of sp³-hybridized carbons (Fsp3) is 0.0769. The number of halogens is 1. The van der Waals surface area contributed by atoms with Crippen molar-refractivity contribution in [3.8, 4) is 11.3 Å². The Morgan fingerprint density at radius 2 is 2.17 bits per heavy atom. The van der Waals surface area contributed by atoms with E-state index in [1.54, 1.807) is 6.20 Å². The third-order valence-electron chi connectivity index (χ3n) is 2.93. The number of nitrogen functional groups attached to an aromatic ring is 1. The summed E-state index contributed by atoms with van der Waals surface area (Å²) >= 11 is 6.16. The van der Waals surface area contributed by atoms with E-state index in [2.05, 4.69) is 15.2 Å². The molecule has 1 aromatic carbocycles. The highest BCUT2D eigenvalue weighted by molar-refractivity contribution is 6.33. The van der Waals surface area contributed by atoms with E-state index in [1.807, 2.05) is 31.2 Å². The lowest BCUT2D eigenvalue weighted by Crippen LogP contribution is -1.88. The molecule has 0 atom stereocenters. The van der Waals surface area contributed by atoms with Crippen molar-refractivity contribution < 1.29 is 0 Å². The van der Waals surface area contributed by atoms with Crippen LogP contribution in [0.5, 0.6) is 0 Å². The van der Waals surface area contributed by atoms with E-state index >= 15 is 0 Å². The van der Waals surface area contributed by atoms with Crippen LogP contribution in [0.4, 0.5) is 5.82 Å². The van der Waals surface area contributed by atoms with Gasteiger partial charge in [-0.2, -0.15) is 5.10 Å². The van der Waals surface area contributed by atoms with Crippen molar-refractivity contribution in [2.75, 3.05) is 5.73 Å². The van der Waals surface area contributed by atoms with Gasteiger partial charge in [0.05, 0.1) is 16.2 Å². The van der Waals surface area contributed by atoms with Crippen LogP contribution >= 0.6 is 11.6 Å². The van der Waals surface area contributed by atoms with Gasteiger partial charge in [0.1, 0.15) is 0 Å². The van der Waals surface area contributed by atoms with Gasteiger partial charge in [0, 0.05) is 17.1 Å². The van der Waals surface area contributed by atoms with Crippen molar-refractivity contribution in [3.63, 3.8) is 0 Å². The first-order chi connectivity index (χ1) is 8.66. The highest BCUT2D eigenvalue weighted by Gasteiger charge is 2.10. The maximum absolute atomic E-state index is 6.16. The summed E-state index contributed by atoms with van der Waals surface area (Å²) in [5, 5.41) is 8.45. The second kappa shape index (κ2) is 3.99. The van der Waals surface area contributed by atoms with Crippen molar-refractivity contribution >= 4 is 28.3 Å². The monoisotopic (exact) mass is 258 g/mol. The van der Waals surface area contributed by atoms with Gasteiger partial charge >= 0.3 is 0 Å². The largest absolute Gasteiger partial charge is 0.382 e. The number of benzene rings is 1. The minimum atomic E-state index is 0.488. The predicted octanol–water partition coefficient (Wildman–Crippen LogP) is 3.17. The number of aromatic amines is 1. The molecule has 4 nitrogen and oxygen atoms in total. The number of nitrogens with two attached hydrogens (primary N) is 1. The molecule has 3 rings (SSSR count). The Kier molecular flexibility index (Phi) is 2.45. The Hall–Kier alpha value is -2.07. The summed E-state index contributed by atoms with van der Waals surface area (Å²) in [5.74, 6) is 0.488. The van der Waals surface area contributed by atoms with Crippen LogP contribution in [0.3, 0.4) is 0 Å². The van der Waals surface area contributed by atoms with Crippen LogP contribution in [-0.2, 0) is 0 Å². The molecule has 3 N–H and O–H groups in total. The molecular formula is C13H11ClN4. The average molecular weight is 259 g/mol. The maximum atomic E-state index is 6.16. The first kappa shape index (κ1) is 11.0. The molecule has 3 aromatic rings. The number of anilines is 1. The van der Waals surface area contributed by atoms with Crippen molar-refractivity contribution in [1.29, 1.82) is 0 Å². The number of aryl methyl sites for hydroxylation is 1. The molecule has 0 amide bonds. The molecular weight excluding hydrogens is 248 g/mol. The van der Waals surface area contributed by atoms with E-state index in [0.29, 0.717) is 10.8 Å². The number of hydrogen-bond donors (Lipinski definition) is 2. The Morgan fingerprint density at radius 3 is 2.94 bits per heavy atom. The highest BCUT2D eigenvalue weighted by Crippen LogP contribution is 2.31. The molecule has 0 saturated heterocycles. The summed E-state index contributed by atoms with van der Waals surface area (Å²) in [4.78, 5) is 4.31. The van der Waals surface area contributed by atoms with Crippen LogP contribution < -0.4 is 5.73 Å². The quantitative estimate of drug-likeness (QED) is 0.704. The van der Waals surface area contributed by atoms with Gasteiger partial charge < -0.3 is 5.73 Å². The number of hydrogen-bond acceptors (Lipinski definition) is 3. The first-order valence-corrected chi connectivity index (χ1v) is 5.89. The van der Waals surface area contributed by atoms with Gasteiger partial charge in [-0.1, -0.05) is 11.6 Å². The Labute approximate surface area is 109 Å². The Balaban J connectivity index is 2.31. The van der Waals surface area contributed by atoms with Gasteiger partial charge in [0.25, 0.3) is 0 Å². The number of fused-ring (bicyclic) bond motifs is 1. The van der Waals surface area contributed by atoms with Crippen molar-refractivity contribution in [3.05, 3.63) is 41.0 Å². The van der Waals surface area contributed by atoms with Gasteiger partial charge in [-0.25, -0.2) is 0 Å². The molecule has 0 aliphatic rings. The van der Waals surface area contributed by atoms with E-state index in [1.165, 1.54) is 0 Å². The molecule has 2 aromatic heterocycles. The normalized spacial score (nSPS) is 11.0. The average Bonchev–Trinajstić information content (AvgIpc) is 2.72. The van der Waals surface area contributed by atoms with E-state index in [0.717, 1.165) is 27.7 Å². The molecule has 18 heavy (non-hydrogen) atoms. The van der Waals surface area contributed by atoms with Crippen LogP contribution in [0.2, 0.25) is 5.02 Å². The molecule has 2 heterocycles. The summed E-state index contributed by atoms with van der Waals surface area (Å²) < 4.78 is 0. The molecule has 0 saturated carbocycles. The van der Waals surface area contributed by atoms with Crippen molar-refractivity contribution in [2.24, 2.45) is 0 Å². The minimum Gasteiger partial charge on any atom is -0.382 e. The lowest BCUT2D eigenvalue weighted by molar-refractivity contribution is 1.12. The lowest BCUT2D eigenvalue weighted by Gasteiger charge is -2.05. The Bertz CT molecular complexity index is 733. The highest BCUT2D eigenvalue weighted by atomic mass is 35.5. The zero-order chi connectivity index (χ0) is 12.7. The van der Waals surface area contributed by atoms with Gasteiger partial charge in [-0.15, -0.1) is 0 Å². The van der Waals surface area contributed by atoms with E-state index < -0.39 is 0 Å². The summed E-state index contributed by atoms with van der Waals surface area (Å²) in [7, 11) is 0. The second-order valence-corrected chi connectivity index (χ2v) is 4.57. The summed E-state index contributed by atoms with van der Waals surface area (Å²) in [5.41, 5.74) is 9.54. The fourth-order valence-electron chi connectivity index (χ4n) is 2.05. The minimum absolute atomic E-state index is 0.488. The molecule has 5 heteroatoms. The van der Waals surface area contributed by atoms with E-state index in [-0.39, 0.29) is 0 Å². The lowest BCUT2D eigenvalue weighted by atomic mass is 10.0. The van der Waals surface area contributed by atoms with Crippen LogP contribution in [0.1, 0.15) is 5.56 Å². The standard InChI is InChI=1S/C13H11ClN4/c1-7-5-8(12-10(14)3-2-4-16-12)6-9-11(7)17-18-13(9)15/h2-6H,1H3,(H3,15,17,18). The molecule has 0 spiro atoms. The topological polar surface area (TPSA) is 67.6 Å². The predicted molar refractivity (Wildman–Crippen MR) is 73.5 cm³/mol. The van der Waals surface area contributed by atoms with Crippen molar-refractivity contribution in [2.45, 2.75) is 6.92 Å². The van der Waals surface area contributed by atoms with Gasteiger partial charge in [0.2, 0.25) is 0 Å². The number of aromatic nitrogens is 3. The number of nitrogens with zero attached hydrogens (tertiary/aromatic N) is 2. The maximum Gasteiger partial charge on any atom is 0.153 e. The van der Waals surface area contributed by atoms with Crippen molar-refractivity contribution in [1.82, 2.24) is 15.2 Å². The Morgan fingerprint density at radius 1 is 1.33 bits per heavy atom. The van der Waals surface area contributed by atoms with Crippen LogP contribution in [0, 0.1) is 6.92 Å². The molecule has 0 aliphatic carbocycles.